The maximum Gasteiger partial charge on any atom is 0.306 e. The summed E-state index contributed by atoms with van der Waals surface area (Å²) < 4.78 is 0. The summed E-state index contributed by atoms with van der Waals surface area (Å²) in [6.07, 6.45) is 10.4. The van der Waals surface area contributed by atoms with Crippen LogP contribution in [0.3, 0.4) is 0 Å². The number of carbonyl (C=O) groups is 1. The zero-order valence-corrected chi connectivity index (χ0v) is 12.0. The molecule has 3 aliphatic rings. The van der Waals surface area contributed by atoms with Crippen molar-refractivity contribution in [2.45, 2.75) is 70.2 Å². The van der Waals surface area contributed by atoms with E-state index in [1.807, 2.05) is 0 Å². The Morgan fingerprint density at radius 2 is 1.75 bits per heavy atom. The van der Waals surface area contributed by atoms with Gasteiger partial charge < -0.3 is 5.11 Å². The van der Waals surface area contributed by atoms with Crippen molar-refractivity contribution < 1.29 is 14.7 Å². The fourth-order valence-electron chi connectivity index (χ4n) is 4.05. The molecular weight excluding hydrogens is 256 g/mol. The third-order valence-electron chi connectivity index (χ3n) is 5.28. The van der Waals surface area contributed by atoms with Crippen LogP contribution in [-0.2, 0) is 9.63 Å². The van der Waals surface area contributed by atoms with Crippen molar-refractivity contribution in [3.05, 3.63) is 0 Å². The molecule has 5 nitrogen and oxygen atoms in total. The normalized spacial score (nSPS) is 39.8. The van der Waals surface area contributed by atoms with Gasteiger partial charge >= 0.3 is 5.97 Å². The Hall–Kier alpha value is -0.650. The minimum Gasteiger partial charge on any atom is -0.481 e. The van der Waals surface area contributed by atoms with E-state index < -0.39 is 5.97 Å². The van der Waals surface area contributed by atoms with E-state index in [1.165, 1.54) is 32.1 Å². The van der Waals surface area contributed by atoms with Gasteiger partial charge in [0.25, 0.3) is 0 Å². The molecule has 4 atom stereocenters. The van der Waals surface area contributed by atoms with E-state index in [1.54, 1.807) is 0 Å². The minimum atomic E-state index is -0.641. The first-order valence-electron chi connectivity index (χ1n) is 8.14. The van der Waals surface area contributed by atoms with Crippen molar-refractivity contribution in [1.29, 1.82) is 0 Å². The van der Waals surface area contributed by atoms with E-state index in [0.717, 1.165) is 25.7 Å². The van der Waals surface area contributed by atoms with Crippen LogP contribution in [-0.4, -0.2) is 23.5 Å². The summed E-state index contributed by atoms with van der Waals surface area (Å²) in [4.78, 5) is 16.9. The molecule has 0 spiro atoms. The summed E-state index contributed by atoms with van der Waals surface area (Å²) in [6.45, 7) is 0. The fraction of sp³-hybridized carbons (Fsp3) is 0.933. The highest BCUT2D eigenvalue weighted by Gasteiger charge is 2.38. The maximum absolute atomic E-state index is 11.2. The molecule has 4 unspecified atom stereocenters. The van der Waals surface area contributed by atoms with Gasteiger partial charge in [0.2, 0.25) is 0 Å². The average molecular weight is 282 g/mol. The molecule has 20 heavy (non-hydrogen) atoms. The molecule has 0 bridgehead atoms. The largest absolute Gasteiger partial charge is 0.481 e. The van der Waals surface area contributed by atoms with Crippen molar-refractivity contribution in [3.8, 4) is 0 Å². The van der Waals surface area contributed by atoms with Crippen LogP contribution in [0.15, 0.2) is 0 Å². The first-order valence-corrected chi connectivity index (χ1v) is 8.14. The van der Waals surface area contributed by atoms with E-state index in [4.69, 9.17) is 4.84 Å². The third kappa shape index (κ3) is 3.15. The van der Waals surface area contributed by atoms with E-state index >= 15 is 0 Å². The van der Waals surface area contributed by atoms with Gasteiger partial charge in [-0.05, 0) is 38.0 Å². The van der Waals surface area contributed by atoms with E-state index in [0.29, 0.717) is 11.8 Å². The highest BCUT2D eigenvalue weighted by molar-refractivity contribution is 5.70. The SMILES string of the molecule is O=C(O)C1CCCC(C2NOC(C3CCCCC3)N2)C1. The second kappa shape index (κ2) is 6.41. The van der Waals surface area contributed by atoms with Crippen molar-refractivity contribution >= 4 is 5.97 Å². The van der Waals surface area contributed by atoms with Crippen LogP contribution in [0, 0.1) is 17.8 Å². The van der Waals surface area contributed by atoms with Gasteiger partial charge in [-0.25, -0.2) is 0 Å². The highest BCUT2D eigenvalue weighted by atomic mass is 16.7. The fourth-order valence-corrected chi connectivity index (χ4v) is 4.05. The number of carboxylic acids is 1. The summed E-state index contributed by atoms with van der Waals surface area (Å²) >= 11 is 0. The summed E-state index contributed by atoms with van der Waals surface area (Å²) in [7, 11) is 0. The molecular formula is C15H26N2O3. The van der Waals surface area contributed by atoms with Gasteiger partial charge in [0.15, 0.2) is 0 Å². The molecule has 114 valence electrons. The number of rotatable bonds is 3. The predicted octanol–water partition coefficient (Wildman–Crippen LogP) is 2.23. The second-order valence-electron chi connectivity index (χ2n) is 6.66. The maximum atomic E-state index is 11.2. The van der Waals surface area contributed by atoms with Crippen molar-refractivity contribution in [2.75, 3.05) is 0 Å². The third-order valence-corrected chi connectivity index (χ3v) is 5.28. The summed E-state index contributed by atoms with van der Waals surface area (Å²) in [5.74, 6) is 0.169. The molecule has 1 heterocycles. The first kappa shape index (κ1) is 14.3. The van der Waals surface area contributed by atoms with Crippen LogP contribution in [0.5, 0.6) is 0 Å². The van der Waals surface area contributed by atoms with Crippen LogP contribution in [0.1, 0.15) is 57.8 Å². The summed E-state index contributed by atoms with van der Waals surface area (Å²) in [6, 6.07) is 0. The average Bonchev–Trinajstić information content (AvgIpc) is 2.98. The van der Waals surface area contributed by atoms with Gasteiger partial charge in [-0.15, -0.1) is 0 Å². The Morgan fingerprint density at radius 3 is 2.50 bits per heavy atom. The van der Waals surface area contributed by atoms with Crippen LogP contribution >= 0.6 is 0 Å². The zero-order valence-electron chi connectivity index (χ0n) is 12.0. The van der Waals surface area contributed by atoms with E-state index in [9.17, 15) is 9.90 Å². The van der Waals surface area contributed by atoms with Gasteiger partial charge in [0.1, 0.15) is 6.23 Å². The molecule has 0 radical (unpaired) electrons. The smallest absolute Gasteiger partial charge is 0.306 e. The van der Waals surface area contributed by atoms with Crippen molar-refractivity contribution in [2.24, 2.45) is 17.8 Å². The Balaban J connectivity index is 1.52. The van der Waals surface area contributed by atoms with E-state index in [2.05, 4.69) is 10.8 Å². The monoisotopic (exact) mass is 282 g/mol. The molecule has 3 fully saturated rings. The lowest BCUT2D eigenvalue weighted by molar-refractivity contribution is -0.143. The Bertz CT molecular complexity index is 344. The van der Waals surface area contributed by atoms with Crippen LogP contribution in [0.4, 0.5) is 0 Å². The van der Waals surface area contributed by atoms with Crippen LogP contribution < -0.4 is 10.8 Å². The second-order valence-corrected chi connectivity index (χ2v) is 6.66. The number of hydrogen-bond acceptors (Lipinski definition) is 4. The highest BCUT2D eigenvalue weighted by Crippen LogP contribution is 2.34. The summed E-state index contributed by atoms with van der Waals surface area (Å²) in [5.41, 5.74) is 3.13. The molecule has 2 aliphatic carbocycles. The Labute approximate surface area is 120 Å². The Morgan fingerprint density at radius 1 is 1.00 bits per heavy atom. The van der Waals surface area contributed by atoms with Gasteiger partial charge in [0.05, 0.1) is 12.1 Å². The van der Waals surface area contributed by atoms with Gasteiger partial charge in [-0.2, -0.15) is 5.48 Å². The molecule has 3 N–H and O–H groups in total. The molecule has 0 aromatic rings. The zero-order chi connectivity index (χ0) is 13.9. The van der Waals surface area contributed by atoms with Crippen molar-refractivity contribution in [1.82, 2.24) is 10.8 Å². The lowest BCUT2D eigenvalue weighted by atomic mass is 9.80. The van der Waals surface area contributed by atoms with E-state index in [-0.39, 0.29) is 18.3 Å². The molecule has 5 heteroatoms. The lowest BCUT2D eigenvalue weighted by Crippen LogP contribution is -2.44. The molecule has 0 amide bonds. The van der Waals surface area contributed by atoms with Crippen LogP contribution in [0.2, 0.25) is 0 Å². The number of hydroxylamine groups is 1. The van der Waals surface area contributed by atoms with Gasteiger partial charge in [-0.3, -0.25) is 14.9 Å². The number of aliphatic carboxylic acids is 1. The predicted molar refractivity (Wildman–Crippen MR) is 74.6 cm³/mol. The number of nitrogens with one attached hydrogen (secondary N) is 2. The topological polar surface area (TPSA) is 70.6 Å². The first-order chi connectivity index (χ1) is 9.74. The summed E-state index contributed by atoms with van der Waals surface area (Å²) in [5, 5.41) is 12.7. The molecule has 1 saturated heterocycles. The molecule has 0 aromatic carbocycles. The minimum absolute atomic E-state index is 0.116. The van der Waals surface area contributed by atoms with Crippen LogP contribution in [0.25, 0.3) is 0 Å². The molecule has 1 aliphatic heterocycles. The number of carboxylic acid groups (broad SMARTS) is 1. The number of hydrogen-bond donors (Lipinski definition) is 3. The Kier molecular flexibility index (Phi) is 4.58. The lowest BCUT2D eigenvalue weighted by Gasteiger charge is -2.31. The quantitative estimate of drug-likeness (QED) is 0.740. The van der Waals surface area contributed by atoms with Crippen molar-refractivity contribution in [3.63, 3.8) is 0 Å². The van der Waals surface area contributed by atoms with Gasteiger partial charge in [0, 0.05) is 5.92 Å². The van der Waals surface area contributed by atoms with Gasteiger partial charge in [-0.1, -0.05) is 25.7 Å². The molecule has 0 aromatic heterocycles. The standard InChI is InChI=1S/C15H26N2O3/c18-15(19)12-8-4-7-11(9-12)13-16-14(20-17-13)10-5-2-1-3-6-10/h10-14,16-17H,1-9H2,(H,18,19). The molecule has 2 saturated carbocycles. The molecule has 3 rings (SSSR count).